The third-order valence-corrected chi connectivity index (χ3v) is 5.13. The van der Waals surface area contributed by atoms with Crippen molar-refractivity contribution >= 4 is 11.5 Å². The lowest BCUT2D eigenvalue weighted by Crippen LogP contribution is -2.33. The van der Waals surface area contributed by atoms with Crippen molar-refractivity contribution in [1.29, 1.82) is 0 Å². The molecule has 1 amide bonds. The number of allylic oxidation sites excluding steroid dienone is 2. The van der Waals surface area contributed by atoms with Crippen molar-refractivity contribution in [3.05, 3.63) is 92.1 Å². The molecule has 148 valence electrons. The highest BCUT2D eigenvalue weighted by molar-refractivity contribution is 5.88. The summed E-state index contributed by atoms with van der Waals surface area (Å²) in [6.45, 7) is 14.5. The van der Waals surface area contributed by atoms with E-state index in [0.29, 0.717) is 31.0 Å². The second-order valence-corrected chi connectivity index (χ2v) is 6.99. The quantitative estimate of drug-likeness (QED) is 0.510. The SMILES string of the molecule is C=CC(=O)N1CC=C(c2ncccc2Oc2ccc(C(C)(C=C)C=C)nc2)CC1. The Hall–Kier alpha value is -3.47. The molecule has 0 spiro atoms. The number of carbonyl (C=O) groups is 1. The zero-order chi connectivity index (χ0) is 20.9. The molecule has 0 unspecified atom stereocenters. The number of nitrogens with zero attached hydrogens (tertiary/aromatic N) is 3. The Morgan fingerprint density at radius 3 is 2.59 bits per heavy atom. The van der Waals surface area contributed by atoms with E-state index in [2.05, 4.69) is 29.7 Å². The Morgan fingerprint density at radius 2 is 2.00 bits per heavy atom. The van der Waals surface area contributed by atoms with Crippen molar-refractivity contribution in [3.63, 3.8) is 0 Å². The summed E-state index contributed by atoms with van der Waals surface area (Å²) in [5.74, 6) is 1.22. The summed E-state index contributed by atoms with van der Waals surface area (Å²) >= 11 is 0. The highest BCUT2D eigenvalue weighted by Gasteiger charge is 2.21. The van der Waals surface area contributed by atoms with Gasteiger partial charge in [-0.2, -0.15) is 0 Å². The van der Waals surface area contributed by atoms with E-state index in [1.165, 1.54) is 6.08 Å². The zero-order valence-electron chi connectivity index (χ0n) is 16.7. The van der Waals surface area contributed by atoms with Gasteiger partial charge in [0.05, 0.1) is 11.9 Å². The van der Waals surface area contributed by atoms with Crippen LogP contribution in [0.15, 0.2) is 80.7 Å². The number of ether oxygens (including phenoxy) is 1. The van der Waals surface area contributed by atoms with Gasteiger partial charge in [-0.1, -0.05) is 24.8 Å². The first-order valence-electron chi connectivity index (χ1n) is 9.48. The number of aromatic nitrogens is 2. The van der Waals surface area contributed by atoms with Crippen molar-refractivity contribution in [1.82, 2.24) is 14.9 Å². The molecule has 0 atom stereocenters. The largest absolute Gasteiger partial charge is 0.453 e. The van der Waals surface area contributed by atoms with Gasteiger partial charge in [-0.05, 0) is 49.3 Å². The molecule has 0 saturated heterocycles. The normalized spacial score (nSPS) is 14.0. The molecular formula is C24H25N3O2. The van der Waals surface area contributed by atoms with Crippen LogP contribution in [0.1, 0.15) is 24.7 Å². The molecule has 0 saturated carbocycles. The predicted octanol–water partition coefficient (Wildman–Crippen LogP) is 4.70. The van der Waals surface area contributed by atoms with Crippen LogP contribution in [-0.2, 0) is 10.2 Å². The number of hydrogen-bond donors (Lipinski definition) is 0. The van der Waals surface area contributed by atoms with Gasteiger partial charge in [0.2, 0.25) is 5.91 Å². The van der Waals surface area contributed by atoms with Gasteiger partial charge in [0.1, 0.15) is 11.4 Å². The van der Waals surface area contributed by atoms with Crippen molar-refractivity contribution < 1.29 is 9.53 Å². The van der Waals surface area contributed by atoms with E-state index in [0.717, 1.165) is 17.0 Å². The smallest absolute Gasteiger partial charge is 0.246 e. The maximum absolute atomic E-state index is 11.8. The van der Waals surface area contributed by atoms with Crippen molar-refractivity contribution in [3.8, 4) is 11.5 Å². The summed E-state index contributed by atoms with van der Waals surface area (Å²) in [6.07, 6.45) is 11.1. The Morgan fingerprint density at radius 1 is 1.21 bits per heavy atom. The van der Waals surface area contributed by atoms with Crippen LogP contribution < -0.4 is 4.74 Å². The van der Waals surface area contributed by atoms with Gasteiger partial charge >= 0.3 is 0 Å². The maximum Gasteiger partial charge on any atom is 0.246 e. The van der Waals surface area contributed by atoms with E-state index in [1.54, 1.807) is 17.3 Å². The van der Waals surface area contributed by atoms with E-state index in [4.69, 9.17) is 4.74 Å². The zero-order valence-corrected chi connectivity index (χ0v) is 16.7. The first kappa shape index (κ1) is 20.3. The lowest BCUT2D eigenvalue weighted by Gasteiger charge is -2.25. The summed E-state index contributed by atoms with van der Waals surface area (Å²) in [4.78, 5) is 22.5. The van der Waals surface area contributed by atoms with Gasteiger partial charge in [0.15, 0.2) is 5.75 Å². The minimum atomic E-state index is -0.389. The molecule has 3 rings (SSSR count). The molecule has 0 aliphatic carbocycles. The fourth-order valence-corrected chi connectivity index (χ4v) is 3.11. The van der Waals surface area contributed by atoms with Gasteiger partial charge < -0.3 is 9.64 Å². The maximum atomic E-state index is 11.8. The second-order valence-electron chi connectivity index (χ2n) is 6.99. The van der Waals surface area contributed by atoms with Crippen LogP contribution in [0.4, 0.5) is 0 Å². The molecule has 0 radical (unpaired) electrons. The van der Waals surface area contributed by atoms with Crippen LogP contribution in [0.5, 0.6) is 11.5 Å². The first-order chi connectivity index (χ1) is 14.0. The predicted molar refractivity (Wildman–Crippen MR) is 116 cm³/mol. The molecule has 0 N–H and O–H groups in total. The lowest BCUT2D eigenvalue weighted by atomic mass is 9.87. The van der Waals surface area contributed by atoms with Crippen LogP contribution in [0.25, 0.3) is 5.57 Å². The van der Waals surface area contributed by atoms with E-state index >= 15 is 0 Å². The molecule has 1 aliphatic heterocycles. The summed E-state index contributed by atoms with van der Waals surface area (Å²) < 4.78 is 6.08. The van der Waals surface area contributed by atoms with Crippen molar-refractivity contribution in [2.24, 2.45) is 0 Å². The van der Waals surface area contributed by atoms with Gasteiger partial charge in [-0.3, -0.25) is 14.8 Å². The molecule has 3 heterocycles. The molecule has 2 aromatic heterocycles. The fraction of sp³-hybridized carbons (Fsp3) is 0.208. The Bertz CT molecular complexity index is 952. The topological polar surface area (TPSA) is 55.3 Å². The van der Waals surface area contributed by atoms with Crippen LogP contribution in [0.3, 0.4) is 0 Å². The molecule has 2 aromatic rings. The molecular weight excluding hydrogens is 362 g/mol. The van der Waals surface area contributed by atoms with E-state index in [9.17, 15) is 4.79 Å². The number of rotatable bonds is 7. The Balaban J connectivity index is 1.81. The van der Waals surface area contributed by atoms with E-state index in [1.807, 2.05) is 49.4 Å². The summed E-state index contributed by atoms with van der Waals surface area (Å²) in [6, 6.07) is 7.51. The number of pyridine rings is 2. The van der Waals surface area contributed by atoms with Crippen LogP contribution in [-0.4, -0.2) is 33.9 Å². The van der Waals surface area contributed by atoms with Gasteiger partial charge in [-0.15, -0.1) is 13.2 Å². The van der Waals surface area contributed by atoms with Gasteiger partial charge in [-0.25, -0.2) is 0 Å². The van der Waals surface area contributed by atoms with E-state index in [-0.39, 0.29) is 11.3 Å². The molecule has 0 fully saturated rings. The second kappa shape index (κ2) is 8.69. The van der Waals surface area contributed by atoms with Gasteiger partial charge in [0.25, 0.3) is 0 Å². The number of carbonyl (C=O) groups excluding carboxylic acids is 1. The molecule has 5 heteroatoms. The van der Waals surface area contributed by atoms with Crippen LogP contribution in [0, 0.1) is 0 Å². The summed E-state index contributed by atoms with van der Waals surface area (Å²) in [5.41, 5.74) is 2.30. The van der Waals surface area contributed by atoms with E-state index < -0.39 is 0 Å². The minimum absolute atomic E-state index is 0.0602. The highest BCUT2D eigenvalue weighted by atomic mass is 16.5. The average Bonchev–Trinajstić information content (AvgIpc) is 2.79. The third kappa shape index (κ3) is 4.35. The summed E-state index contributed by atoms with van der Waals surface area (Å²) in [5, 5.41) is 0. The molecule has 29 heavy (non-hydrogen) atoms. The average molecular weight is 387 g/mol. The molecule has 0 aromatic carbocycles. The Kier molecular flexibility index (Phi) is 6.07. The first-order valence-corrected chi connectivity index (χ1v) is 9.48. The fourth-order valence-electron chi connectivity index (χ4n) is 3.11. The Labute approximate surface area is 171 Å². The van der Waals surface area contributed by atoms with Crippen LogP contribution in [0.2, 0.25) is 0 Å². The molecule has 1 aliphatic rings. The third-order valence-electron chi connectivity index (χ3n) is 5.13. The summed E-state index contributed by atoms with van der Waals surface area (Å²) in [7, 11) is 0. The number of hydrogen-bond acceptors (Lipinski definition) is 4. The lowest BCUT2D eigenvalue weighted by molar-refractivity contribution is -0.125. The van der Waals surface area contributed by atoms with Crippen LogP contribution >= 0.6 is 0 Å². The van der Waals surface area contributed by atoms with Gasteiger partial charge in [0, 0.05) is 24.7 Å². The highest BCUT2D eigenvalue weighted by Crippen LogP contribution is 2.32. The standard InChI is InChI=1S/C24H25N3O2/c1-5-22(28)27-15-12-18(13-16-27)23-20(9-8-14-25-23)29-19-10-11-21(26-17-19)24(4,6-2)7-3/h5-12,14,17H,1-3,13,15-16H2,4H3. The molecule has 0 bridgehead atoms. The van der Waals surface area contributed by atoms with Crippen molar-refractivity contribution in [2.75, 3.05) is 13.1 Å². The minimum Gasteiger partial charge on any atom is -0.453 e. The molecule has 5 nitrogen and oxygen atoms in total. The van der Waals surface area contributed by atoms with Crippen molar-refractivity contribution in [2.45, 2.75) is 18.8 Å². The number of amides is 1. The monoisotopic (exact) mass is 387 g/mol.